The van der Waals surface area contributed by atoms with Crippen molar-refractivity contribution in [1.29, 1.82) is 0 Å². The summed E-state index contributed by atoms with van der Waals surface area (Å²) in [4.78, 5) is 25.7. The lowest BCUT2D eigenvalue weighted by molar-refractivity contribution is -0.274. The van der Waals surface area contributed by atoms with E-state index in [0.717, 1.165) is 12.1 Å². The molecule has 3 rings (SSSR count). The number of benzene rings is 2. The maximum Gasteiger partial charge on any atom is 0.573 e. The largest absolute Gasteiger partial charge is 0.573 e. The van der Waals surface area contributed by atoms with Gasteiger partial charge in [-0.3, -0.25) is 9.59 Å². The highest BCUT2D eigenvalue weighted by Crippen LogP contribution is 2.29. The van der Waals surface area contributed by atoms with Crippen LogP contribution < -0.4 is 19.9 Å². The van der Waals surface area contributed by atoms with Crippen LogP contribution in [0.5, 0.6) is 17.2 Å². The molecule has 36 heavy (non-hydrogen) atoms. The van der Waals surface area contributed by atoms with Crippen molar-refractivity contribution in [1.82, 2.24) is 4.90 Å². The molecule has 0 saturated carbocycles. The number of ether oxygens (including phenoxy) is 3. The molecule has 12 heteroatoms. The van der Waals surface area contributed by atoms with Crippen LogP contribution in [0.2, 0.25) is 0 Å². The van der Waals surface area contributed by atoms with E-state index in [-0.39, 0.29) is 43.9 Å². The Morgan fingerprint density at radius 1 is 1.17 bits per heavy atom. The molecule has 2 aromatic carbocycles. The van der Waals surface area contributed by atoms with Crippen molar-refractivity contribution < 1.29 is 46.5 Å². The topological polar surface area (TPSA) is 111 Å². The Kier molecular flexibility index (Phi) is 8.62. The number of rotatable bonds is 9. The second-order valence-electron chi connectivity index (χ2n) is 8.30. The summed E-state index contributed by atoms with van der Waals surface area (Å²) in [5, 5.41) is 9.16. The number of aliphatic hydroxyl groups is 1. The molecule has 1 saturated heterocycles. The number of hydrogen-bond acceptors (Lipinski definition) is 6. The first-order chi connectivity index (χ1) is 16.9. The highest BCUT2D eigenvalue weighted by atomic mass is 19.4. The Morgan fingerprint density at radius 2 is 1.83 bits per heavy atom. The molecule has 0 radical (unpaired) electrons. The molecule has 3 atom stereocenters. The molecule has 0 spiro atoms. The summed E-state index contributed by atoms with van der Waals surface area (Å²) >= 11 is 0. The van der Waals surface area contributed by atoms with Crippen LogP contribution in [-0.2, 0) is 11.2 Å². The summed E-state index contributed by atoms with van der Waals surface area (Å²) in [5.41, 5.74) is 5.87. The Hall–Kier alpha value is -3.54. The zero-order chi connectivity index (χ0) is 26.5. The highest BCUT2D eigenvalue weighted by Gasteiger charge is 2.34. The van der Waals surface area contributed by atoms with Crippen LogP contribution in [-0.4, -0.2) is 66.3 Å². The van der Waals surface area contributed by atoms with Crippen molar-refractivity contribution in [2.24, 2.45) is 5.73 Å². The van der Waals surface area contributed by atoms with Gasteiger partial charge in [0.15, 0.2) is 6.17 Å². The number of alkyl halides is 4. The third-order valence-corrected chi connectivity index (χ3v) is 5.44. The maximum atomic E-state index is 15.0. The van der Waals surface area contributed by atoms with Gasteiger partial charge in [0, 0.05) is 19.0 Å². The number of piperidine rings is 1. The molecule has 0 aromatic heterocycles. The minimum atomic E-state index is -4.82. The lowest BCUT2D eigenvalue weighted by Crippen LogP contribution is -2.49. The summed E-state index contributed by atoms with van der Waals surface area (Å²) < 4.78 is 66.9. The van der Waals surface area contributed by atoms with E-state index < -0.39 is 42.3 Å². The van der Waals surface area contributed by atoms with Crippen molar-refractivity contribution in [2.75, 3.05) is 19.7 Å². The molecule has 3 N–H and O–H groups in total. The molecular weight excluding hydrogens is 488 g/mol. The second-order valence-corrected chi connectivity index (χ2v) is 8.30. The summed E-state index contributed by atoms with van der Waals surface area (Å²) in [6.45, 7) is 1.31. The van der Waals surface area contributed by atoms with E-state index in [2.05, 4.69) is 4.74 Å². The van der Waals surface area contributed by atoms with E-state index in [1.165, 1.54) is 35.2 Å². The van der Waals surface area contributed by atoms with E-state index in [1.807, 2.05) is 0 Å². The van der Waals surface area contributed by atoms with Crippen molar-refractivity contribution in [3.63, 3.8) is 0 Å². The minimum Gasteiger partial charge on any atom is -0.488 e. The Bertz CT molecular complexity index is 1060. The molecule has 2 aromatic rings. The molecule has 0 aliphatic carbocycles. The number of carbonyl (C=O) groups is 2. The fraction of sp³-hybridized carbons (Fsp3) is 0.417. The zero-order valence-electron chi connectivity index (χ0n) is 19.3. The number of primary amides is 1. The van der Waals surface area contributed by atoms with Gasteiger partial charge in [0.2, 0.25) is 5.91 Å². The van der Waals surface area contributed by atoms with Crippen molar-refractivity contribution in [3.8, 4) is 17.2 Å². The number of amides is 2. The maximum absolute atomic E-state index is 15.0. The fourth-order valence-electron chi connectivity index (χ4n) is 3.65. The quantitative estimate of drug-likeness (QED) is 0.498. The molecule has 8 nitrogen and oxygen atoms in total. The van der Waals surface area contributed by atoms with E-state index in [9.17, 15) is 27.2 Å². The SMILES string of the molecule is C[C@@H](CO)Oc1ccc(C(N)=O)c(O[C@@H]2CCN(C(=O)Cc3ccc(OC(F)(F)F)cc3)C[C@@H]2F)c1. The Balaban J connectivity index is 1.61. The lowest BCUT2D eigenvalue weighted by atomic mass is 10.0. The first-order valence-electron chi connectivity index (χ1n) is 11.1. The second kappa shape index (κ2) is 11.5. The zero-order valence-corrected chi connectivity index (χ0v) is 19.3. The van der Waals surface area contributed by atoms with Crippen LogP contribution in [0.1, 0.15) is 29.3 Å². The first-order valence-corrected chi connectivity index (χ1v) is 11.1. The highest BCUT2D eigenvalue weighted by molar-refractivity contribution is 5.95. The number of nitrogens with two attached hydrogens (primary N) is 1. The van der Waals surface area contributed by atoms with Gasteiger partial charge in [-0.25, -0.2) is 4.39 Å². The number of aliphatic hydroxyl groups excluding tert-OH is 1. The van der Waals surface area contributed by atoms with Gasteiger partial charge >= 0.3 is 6.36 Å². The Morgan fingerprint density at radius 3 is 2.42 bits per heavy atom. The molecule has 2 amide bonds. The predicted molar refractivity (Wildman–Crippen MR) is 119 cm³/mol. The first kappa shape index (κ1) is 27.1. The Labute approximate surface area is 204 Å². The number of hydrogen-bond donors (Lipinski definition) is 2. The van der Waals surface area contributed by atoms with Crippen molar-refractivity contribution in [2.45, 2.75) is 44.5 Å². The number of carbonyl (C=O) groups excluding carboxylic acids is 2. The van der Waals surface area contributed by atoms with Gasteiger partial charge < -0.3 is 30.0 Å². The van der Waals surface area contributed by atoms with Crippen LogP contribution in [0.15, 0.2) is 42.5 Å². The van der Waals surface area contributed by atoms with E-state index in [1.54, 1.807) is 6.92 Å². The molecule has 1 aliphatic rings. The average Bonchev–Trinajstić information content (AvgIpc) is 2.80. The van der Waals surface area contributed by atoms with Gasteiger partial charge in [0.25, 0.3) is 5.91 Å². The van der Waals surface area contributed by atoms with Crippen LogP contribution in [0.4, 0.5) is 17.6 Å². The minimum absolute atomic E-state index is 0.0266. The van der Waals surface area contributed by atoms with Crippen LogP contribution in [0.25, 0.3) is 0 Å². The smallest absolute Gasteiger partial charge is 0.488 e. The summed E-state index contributed by atoms with van der Waals surface area (Å²) in [5.74, 6) is -1.26. The summed E-state index contributed by atoms with van der Waals surface area (Å²) in [6, 6.07) is 9.12. The molecule has 1 aliphatic heterocycles. The fourth-order valence-corrected chi connectivity index (χ4v) is 3.65. The van der Waals surface area contributed by atoms with Crippen molar-refractivity contribution in [3.05, 3.63) is 53.6 Å². The van der Waals surface area contributed by atoms with E-state index in [4.69, 9.17) is 20.3 Å². The van der Waals surface area contributed by atoms with Crippen LogP contribution in [0, 0.1) is 0 Å². The number of nitrogens with zero attached hydrogens (tertiary/aromatic N) is 1. The standard InChI is InChI=1S/C24H26F4N2O6/c1-14(13-31)34-17-6-7-18(23(29)33)21(11-17)35-20-8-9-30(12-19(20)25)22(32)10-15-2-4-16(5-3-15)36-24(26,27)28/h2-7,11,14,19-20,31H,8-10,12-13H2,1H3,(H2,29,33)/t14-,19-,20+/m0/s1. The third kappa shape index (κ3) is 7.48. The van der Waals surface area contributed by atoms with Crippen LogP contribution in [0.3, 0.4) is 0 Å². The molecule has 1 heterocycles. The molecule has 0 bridgehead atoms. The van der Waals surface area contributed by atoms with E-state index in [0.29, 0.717) is 11.3 Å². The number of halogens is 4. The van der Waals surface area contributed by atoms with Gasteiger partial charge in [-0.1, -0.05) is 12.1 Å². The van der Waals surface area contributed by atoms with Gasteiger partial charge in [-0.15, -0.1) is 13.2 Å². The summed E-state index contributed by atoms with van der Waals surface area (Å²) in [7, 11) is 0. The lowest BCUT2D eigenvalue weighted by Gasteiger charge is -2.35. The van der Waals surface area contributed by atoms with Crippen LogP contribution >= 0.6 is 0 Å². The van der Waals surface area contributed by atoms with Gasteiger partial charge in [-0.05, 0) is 36.8 Å². The molecule has 0 unspecified atom stereocenters. The summed E-state index contributed by atoms with van der Waals surface area (Å²) in [6.07, 6.45) is -7.87. The predicted octanol–water partition coefficient (Wildman–Crippen LogP) is 3.00. The van der Waals surface area contributed by atoms with E-state index >= 15 is 0 Å². The molecular formula is C24H26F4N2O6. The third-order valence-electron chi connectivity index (χ3n) is 5.44. The normalized spacial score (nSPS) is 18.9. The molecule has 196 valence electrons. The number of likely N-dealkylation sites (tertiary alicyclic amines) is 1. The molecule has 1 fully saturated rings. The van der Waals surface area contributed by atoms with Gasteiger partial charge in [0.1, 0.15) is 29.5 Å². The monoisotopic (exact) mass is 514 g/mol. The van der Waals surface area contributed by atoms with Gasteiger partial charge in [0.05, 0.1) is 25.1 Å². The van der Waals surface area contributed by atoms with Crippen molar-refractivity contribution >= 4 is 11.8 Å². The average molecular weight is 514 g/mol. The van der Waals surface area contributed by atoms with Gasteiger partial charge in [-0.2, -0.15) is 0 Å².